The average molecular weight is 440 g/mol. The number of hydrazone groups is 1. The van der Waals surface area contributed by atoms with Crippen molar-refractivity contribution in [3.05, 3.63) is 106 Å². The van der Waals surface area contributed by atoms with Crippen molar-refractivity contribution in [2.45, 2.75) is 52.6 Å². The van der Waals surface area contributed by atoms with Crippen LogP contribution in [0.1, 0.15) is 65.9 Å². The molecule has 1 aliphatic rings. The van der Waals surface area contributed by atoms with Gasteiger partial charge < -0.3 is 0 Å². The molecule has 0 unspecified atom stereocenters. The summed E-state index contributed by atoms with van der Waals surface area (Å²) in [4.78, 5) is 15.0. The molecule has 3 aromatic carbocycles. The number of benzene rings is 3. The number of nitrogens with zero attached hydrogens (tertiary/aromatic N) is 2. The molecule has 33 heavy (non-hydrogen) atoms. The number of hydrogen-bond donors (Lipinski definition) is 1. The van der Waals surface area contributed by atoms with Crippen LogP contribution in [0.2, 0.25) is 0 Å². The molecule has 0 aromatic heterocycles. The van der Waals surface area contributed by atoms with E-state index in [1.165, 1.54) is 22.3 Å². The highest BCUT2D eigenvalue weighted by Crippen LogP contribution is 2.22. The Balaban J connectivity index is 1.33. The van der Waals surface area contributed by atoms with E-state index in [2.05, 4.69) is 84.7 Å². The maximum atomic E-state index is 12.6. The van der Waals surface area contributed by atoms with Crippen LogP contribution < -0.4 is 5.43 Å². The fraction of sp³-hybridized carbons (Fsp3) is 0.310. The van der Waals surface area contributed by atoms with E-state index in [-0.39, 0.29) is 11.3 Å². The summed E-state index contributed by atoms with van der Waals surface area (Å²) < 4.78 is 0. The number of carbonyl (C=O) groups is 1. The van der Waals surface area contributed by atoms with Gasteiger partial charge in [0.15, 0.2) is 0 Å². The van der Waals surface area contributed by atoms with Gasteiger partial charge in [-0.1, -0.05) is 81.4 Å². The molecule has 0 radical (unpaired) electrons. The normalized spacial score (nSPS) is 14.6. The minimum absolute atomic E-state index is 0.114. The van der Waals surface area contributed by atoms with Crippen molar-refractivity contribution in [2.75, 3.05) is 6.54 Å². The second-order valence-electron chi connectivity index (χ2n) is 9.89. The van der Waals surface area contributed by atoms with Gasteiger partial charge in [-0.2, -0.15) is 5.10 Å². The molecule has 1 aliphatic heterocycles. The molecule has 1 heterocycles. The highest BCUT2D eigenvalue weighted by molar-refractivity contribution is 6.00. The van der Waals surface area contributed by atoms with Gasteiger partial charge in [-0.05, 0) is 58.7 Å². The molecule has 3 aromatic rings. The van der Waals surface area contributed by atoms with E-state index in [9.17, 15) is 4.79 Å². The van der Waals surface area contributed by atoms with Crippen LogP contribution in [0, 0.1) is 0 Å². The highest BCUT2D eigenvalue weighted by atomic mass is 16.2. The standard InChI is InChI=1S/C29H33N3O/c1-21(23-13-15-27(16-14-23)29(2,3)4)30-31-28(33)25-11-9-22(10-12-25)19-32-18-17-24-7-5-6-8-26(24)20-32/h5-16H,17-20H2,1-4H3,(H,31,33). The van der Waals surface area contributed by atoms with E-state index in [0.717, 1.165) is 37.3 Å². The van der Waals surface area contributed by atoms with Crippen molar-refractivity contribution >= 4 is 11.6 Å². The summed E-state index contributed by atoms with van der Waals surface area (Å²) in [6.07, 6.45) is 1.09. The summed E-state index contributed by atoms with van der Waals surface area (Å²) in [6.45, 7) is 11.4. The maximum Gasteiger partial charge on any atom is 0.271 e. The zero-order chi connectivity index (χ0) is 23.4. The van der Waals surface area contributed by atoms with Gasteiger partial charge in [0, 0.05) is 25.2 Å². The van der Waals surface area contributed by atoms with Crippen molar-refractivity contribution in [3.8, 4) is 0 Å². The van der Waals surface area contributed by atoms with E-state index < -0.39 is 0 Å². The van der Waals surface area contributed by atoms with Crippen LogP contribution in [0.15, 0.2) is 77.9 Å². The minimum Gasteiger partial charge on any atom is -0.294 e. The summed E-state index contributed by atoms with van der Waals surface area (Å²) >= 11 is 0. The second-order valence-corrected chi connectivity index (χ2v) is 9.89. The Morgan fingerprint density at radius 2 is 1.55 bits per heavy atom. The fourth-order valence-corrected chi connectivity index (χ4v) is 4.18. The van der Waals surface area contributed by atoms with Gasteiger partial charge in [0.05, 0.1) is 5.71 Å². The number of nitrogens with one attached hydrogen (secondary N) is 1. The molecule has 0 fully saturated rings. The van der Waals surface area contributed by atoms with Gasteiger partial charge in [-0.25, -0.2) is 5.43 Å². The van der Waals surface area contributed by atoms with Crippen LogP contribution >= 0.6 is 0 Å². The van der Waals surface area contributed by atoms with E-state index in [1.807, 2.05) is 31.2 Å². The number of rotatable bonds is 5. The van der Waals surface area contributed by atoms with E-state index in [0.29, 0.717) is 5.56 Å². The van der Waals surface area contributed by atoms with Gasteiger partial charge in [0.2, 0.25) is 0 Å². The summed E-state index contributed by atoms with van der Waals surface area (Å²) in [6, 6.07) is 24.9. The van der Waals surface area contributed by atoms with Gasteiger partial charge >= 0.3 is 0 Å². The van der Waals surface area contributed by atoms with Crippen molar-refractivity contribution in [1.82, 2.24) is 10.3 Å². The molecular weight excluding hydrogens is 406 g/mol. The van der Waals surface area contributed by atoms with Crippen LogP contribution in [0.25, 0.3) is 0 Å². The lowest BCUT2D eigenvalue weighted by atomic mass is 9.86. The lowest BCUT2D eigenvalue weighted by Gasteiger charge is -2.28. The first-order chi connectivity index (χ1) is 15.8. The van der Waals surface area contributed by atoms with E-state index >= 15 is 0 Å². The third-order valence-electron chi connectivity index (χ3n) is 6.33. The third kappa shape index (κ3) is 5.77. The number of hydrogen-bond acceptors (Lipinski definition) is 3. The number of carbonyl (C=O) groups excluding carboxylic acids is 1. The van der Waals surface area contributed by atoms with Crippen LogP contribution in [-0.4, -0.2) is 23.1 Å². The molecule has 4 nitrogen and oxygen atoms in total. The van der Waals surface area contributed by atoms with Crippen LogP contribution in [0.5, 0.6) is 0 Å². The average Bonchev–Trinajstić information content (AvgIpc) is 2.82. The Kier molecular flexibility index (Phi) is 6.75. The molecule has 1 N–H and O–H groups in total. The molecule has 0 saturated carbocycles. The molecule has 0 spiro atoms. The zero-order valence-electron chi connectivity index (χ0n) is 20.1. The van der Waals surface area contributed by atoms with Crippen molar-refractivity contribution < 1.29 is 4.79 Å². The summed E-state index contributed by atoms with van der Waals surface area (Å²) in [5, 5.41) is 4.31. The Labute approximate surface area is 197 Å². The monoisotopic (exact) mass is 439 g/mol. The molecule has 4 rings (SSSR count). The Morgan fingerprint density at radius 1 is 0.909 bits per heavy atom. The predicted octanol–water partition coefficient (Wildman–Crippen LogP) is 5.70. The van der Waals surface area contributed by atoms with Crippen LogP contribution in [-0.2, 0) is 24.9 Å². The van der Waals surface area contributed by atoms with E-state index in [1.54, 1.807) is 0 Å². The molecule has 0 bridgehead atoms. The predicted molar refractivity (Wildman–Crippen MR) is 136 cm³/mol. The van der Waals surface area contributed by atoms with Crippen LogP contribution in [0.4, 0.5) is 0 Å². The van der Waals surface area contributed by atoms with Gasteiger partial charge in [0.25, 0.3) is 5.91 Å². The zero-order valence-corrected chi connectivity index (χ0v) is 20.1. The Morgan fingerprint density at radius 3 is 2.21 bits per heavy atom. The lowest BCUT2D eigenvalue weighted by Crippen LogP contribution is -2.30. The summed E-state index contributed by atoms with van der Waals surface area (Å²) in [5.41, 5.74) is 10.6. The molecule has 0 atom stereocenters. The Bertz CT molecular complexity index is 1140. The number of fused-ring (bicyclic) bond motifs is 1. The first-order valence-electron chi connectivity index (χ1n) is 11.6. The van der Waals surface area contributed by atoms with Crippen molar-refractivity contribution in [3.63, 3.8) is 0 Å². The first-order valence-corrected chi connectivity index (χ1v) is 11.6. The molecule has 0 saturated heterocycles. The van der Waals surface area contributed by atoms with Crippen molar-refractivity contribution in [2.24, 2.45) is 5.10 Å². The molecule has 0 aliphatic carbocycles. The number of amides is 1. The Hall–Kier alpha value is -3.24. The smallest absolute Gasteiger partial charge is 0.271 e. The van der Waals surface area contributed by atoms with Crippen LogP contribution in [0.3, 0.4) is 0 Å². The maximum absolute atomic E-state index is 12.6. The van der Waals surface area contributed by atoms with Crippen molar-refractivity contribution in [1.29, 1.82) is 0 Å². The SMILES string of the molecule is CC(=NNC(=O)c1ccc(CN2CCc3ccccc3C2)cc1)c1ccc(C(C)(C)C)cc1. The molecule has 170 valence electrons. The largest absolute Gasteiger partial charge is 0.294 e. The minimum atomic E-state index is -0.195. The highest BCUT2D eigenvalue weighted by Gasteiger charge is 2.16. The van der Waals surface area contributed by atoms with Gasteiger partial charge in [-0.15, -0.1) is 0 Å². The van der Waals surface area contributed by atoms with Gasteiger partial charge in [-0.3, -0.25) is 9.69 Å². The summed E-state index contributed by atoms with van der Waals surface area (Å²) in [7, 11) is 0. The second kappa shape index (κ2) is 9.72. The quantitative estimate of drug-likeness (QED) is 0.410. The lowest BCUT2D eigenvalue weighted by molar-refractivity contribution is 0.0955. The third-order valence-corrected chi connectivity index (χ3v) is 6.33. The fourth-order valence-electron chi connectivity index (χ4n) is 4.18. The summed E-state index contributed by atoms with van der Waals surface area (Å²) in [5.74, 6) is -0.195. The topological polar surface area (TPSA) is 44.7 Å². The molecule has 4 heteroatoms. The molecular formula is C29H33N3O. The molecule has 1 amide bonds. The van der Waals surface area contributed by atoms with Gasteiger partial charge in [0.1, 0.15) is 0 Å². The van der Waals surface area contributed by atoms with E-state index in [4.69, 9.17) is 0 Å². The first kappa shape index (κ1) is 22.9.